The van der Waals surface area contributed by atoms with E-state index in [1.54, 1.807) is 29.2 Å². The number of benzene rings is 1. The molecule has 0 saturated carbocycles. The highest BCUT2D eigenvalue weighted by molar-refractivity contribution is 9.10. The van der Waals surface area contributed by atoms with Crippen LogP contribution in [0.3, 0.4) is 0 Å². The second kappa shape index (κ2) is 10.2. The molecule has 1 fully saturated rings. The molecule has 0 unspecified atom stereocenters. The topological polar surface area (TPSA) is 92.8 Å². The average Bonchev–Trinajstić information content (AvgIpc) is 2.65. The second-order valence-corrected chi connectivity index (χ2v) is 9.14. The number of hydrogen-bond acceptors (Lipinski definition) is 5. The van der Waals surface area contributed by atoms with Crippen LogP contribution in [0.15, 0.2) is 33.6 Å². The van der Waals surface area contributed by atoms with E-state index in [1.165, 1.54) is 7.11 Å². The van der Waals surface area contributed by atoms with Crippen molar-refractivity contribution in [3.63, 3.8) is 0 Å². The lowest BCUT2D eigenvalue weighted by molar-refractivity contribution is -0.141. The molecular weight excluding hydrogens is 436 g/mol. The third kappa shape index (κ3) is 6.90. The quantitative estimate of drug-likeness (QED) is 0.474. The van der Waals surface area contributed by atoms with Crippen LogP contribution in [0, 0.1) is 0 Å². The summed E-state index contributed by atoms with van der Waals surface area (Å²) in [6.07, 6.45) is 3.16. The molecule has 0 aliphatic carbocycles. The van der Waals surface area contributed by atoms with Gasteiger partial charge in [-0.2, -0.15) is 0 Å². The first-order chi connectivity index (χ1) is 12.8. The summed E-state index contributed by atoms with van der Waals surface area (Å²) in [5, 5.41) is 0. The standard InChI is InChI=1S/C18H25BrN2O5S/c1-26-18(23)5-3-2-4-17(22)21-12-10-15(11-13-21)20-27(24,25)16-8-6-14(19)7-9-16/h6-9,15,20H,2-5,10-13H2,1H3. The third-order valence-corrected chi connectivity index (χ3v) is 6.61. The minimum atomic E-state index is -3.56. The summed E-state index contributed by atoms with van der Waals surface area (Å²) in [4.78, 5) is 25.3. The molecule has 9 heteroatoms. The van der Waals surface area contributed by atoms with E-state index < -0.39 is 10.0 Å². The summed E-state index contributed by atoms with van der Waals surface area (Å²) in [7, 11) is -2.21. The van der Waals surface area contributed by atoms with Crippen LogP contribution in [0.1, 0.15) is 38.5 Å². The Morgan fingerprint density at radius 3 is 2.33 bits per heavy atom. The Morgan fingerprint density at radius 2 is 1.74 bits per heavy atom. The largest absolute Gasteiger partial charge is 0.469 e. The van der Waals surface area contributed by atoms with Crippen LogP contribution >= 0.6 is 15.9 Å². The maximum atomic E-state index is 12.4. The number of amides is 1. The molecule has 0 atom stereocenters. The smallest absolute Gasteiger partial charge is 0.305 e. The first-order valence-corrected chi connectivity index (χ1v) is 11.2. The van der Waals surface area contributed by atoms with Crippen LogP contribution in [-0.2, 0) is 24.3 Å². The van der Waals surface area contributed by atoms with Gasteiger partial charge in [0.25, 0.3) is 0 Å². The molecule has 1 aliphatic rings. The van der Waals surface area contributed by atoms with Crippen molar-refractivity contribution in [3.05, 3.63) is 28.7 Å². The highest BCUT2D eigenvalue weighted by atomic mass is 79.9. The number of nitrogens with one attached hydrogen (secondary N) is 1. The number of rotatable bonds is 8. The van der Waals surface area contributed by atoms with Gasteiger partial charge in [0.15, 0.2) is 0 Å². The van der Waals surface area contributed by atoms with E-state index in [0.29, 0.717) is 51.6 Å². The number of hydrogen-bond donors (Lipinski definition) is 1. The van der Waals surface area contributed by atoms with Crippen LogP contribution in [0.5, 0.6) is 0 Å². The zero-order valence-electron chi connectivity index (χ0n) is 15.3. The van der Waals surface area contributed by atoms with Gasteiger partial charge in [0, 0.05) is 36.4 Å². The lowest BCUT2D eigenvalue weighted by Gasteiger charge is -2.32. The van der Waals surface area contributed by atoms with Gasteiger partial charge in [-0.1, -0.05) is 15.9 Å². The molecule has 1 saturated heterocycles. The van der Waals surface area contributed by atoms with Gasteiger partial charge in [-0.3, -0.25) is 9.59 Å². The molecule has 1 N–H and O–H groups in total. The second-order valence-electron chi connectivity index (χ2n) is 6.51. The molecule has 7 nitrogen and oxygen atoms in total. The number of halogens is 1. The molecule has 1 aromatic rings. The molecule has 0 radical (unpaired) electrons. The first kappa shape index (κ1) is 21.8. The Hall–Kier alpha value is -1.45. The van der Waals surface area contributed by atoms with E-state index in [2.05, 4.69) is 25.4 Å². The van der Waals surface area contributed by atoms with Crippen LogP contribution in [-0.4, -0.2) is 51.4 Å². The van der Waals surface area contributed by atoms with Crippen LogP contribution in [0.2, 0.25) is 0 Å². The number of unbranched alkanes of at least 4 members (excludes halogenated alkanes) is 1. The zero-order chi connectivity index (χ0) is 19.9. The normalized spacial score (nSPS) is 15.6. The Morgan fingerprint density at radius 1 is 1.15 bits per heavy atom. The minimum absolute atomic E-state index is 0.0501. The molecule has 27 heavy (non-hydrogen) atoms. The van der Waals surface area contributed by atoms with E-state index >= 15 is 0 Å². The van der Waals surface area contributed by atoms with Gasteiger partial charge in [-0.15, -0.1) is 0 Å². The van der Waals surface area contributed by atoms with Crippen molar-refractivity contribution in [2.24, 2.45) is 0 Å². The summed E-state index contributed by atoms with van der Waals surface area (Å²) in [5.74, 6) is -0.213. The fourth-order valence-electron chi connectivity index (χ4n) is 2.95. The van der Waals surface area contributed by atoms with Gasteiger partial charge in [0.2, 0.25) is 15.9 Å². The number of nitrogens with zero attached hydrogens (tertiary/aromatic N) is 1. The number of piperidine rings is 1. The maximum absolute atomic E-state index is 12.4. The summed E-state index contributed by atoms with van der Waals surface area (Å²) < 4.78 is 33.0. The summed E-state index contributed by atoms with van der Waals surface area (Å²) in [6.45, 7) is 1.06. The molecule has 1 heterocycles. The van der Waals surface area contributed by atoms with Crippen molar-refractivity contribution in [1.82, 2.24) is 9.62 Å². The molecule has 2 rings (SSSR count). The van der Waals surface area contributed by atoms with Crippen molar-refractivity contribution in [2.45, 2.75) is 49.5 Å². The van der Waals surface area contributed by atoms with E-state index in [1.807, 2.05) is 0 Å². The molecule has 0 spiro atoms. The van der Waals surface area contributed by atoms with E-state index in [9.17, 15) is 18.0 Å². The predicted molar refractivity (Wildman–Crippen MR) is 105 cm³/mol. The fraction of sp³-hybridized carbons (Fsp3) is 0.556. The number of carbonyl (C=O) groups excluding carboxylic acids is 2. The lowest BCUT2D eigenvalue weighted by atomic mass is 10.1. The van der Waals surface area contributed by atoms with Gasteiger partial charge in [-0.05, 0) is 49.9 Å². The van der Waals surface area contributed by atoms with Crippen molar-refractivity contribution < 1.29 is 22.7 Å². The van der Waals surface area contributed by atoms with Crippen molar-refractivity contribution in [2.75, 3.05) is 20.2 Å². The first-order valence-electron chi connectivity index (χ1n) is 8.94. The number of sulfonamides is 1. The number of esters is 1. The predicted octanol–water partition coefficient (Wildman–Crippen LogP) is 2.45. The minimum Gasteiger partial charge on any atom is -0.469 e. The van der Waals surface area contributed by atoms with Gasteiger partial charge < -0.3 is 9.64 Å². The van der Waals surface area contributed by atoms with Crippen molar-refractivity contribution >= 4 is 37.8 Å². The van der Waals surface area contributed by atoms with E-state index in [-0.39, 0.29) is 22.8 Å². The van der Waals surface area contributed by atoms with Crippen LogP contribution in [0.25, 0.3) is 0 Å². The summed E-state index contributed by atoms with van der Waals surface area (Å²) in [6, 6.07) is 6.31. The van der Waals surface area contributed by atoms with Crippen LogP contribution < -0.4 is 4.72 Å². The van der Waals surface area contributed by atoms with E-state index in [4.69, 9.17) is 0 Å². The molecule has 1 amide bonds. The number of ether oxygens (including phenoxy) is 1. The highest BCUT2D eigenvalue weighted by Crippen LogP contribution is 2.18. The maximum Gasteiger partial charge on any atom is 0.305 e. The molecule has 0 bridgehead atoms. The van der Waals surface area contributed by atoms with Crippen molar-refractivity contribution in [1.29, 1.82) is 0 Å². The van der Waals surface area contributed by atoms with Gasteiger partial charge in [0.1, 0.15) is 0 Å². The molecule has 1 aliphatic heterocycles. The third-order valence-electron chi connectivity index (χ3n) is 4.54. The molecule has 150 valence electrons. The van der Waals surface area contributed by atoms with Crippen molar-refractivity contribution in [3.8, 4) is 0 Å². The Labute approximate surface area is 168 Å². The monoisotopic (exact) mass is 460 g/mol. The molecular formula is C18H25BrN2O5S. The van der Waals surface area contributed by atoms with Gasteiger partial charge >= 0.3 is 5.97 Å². The fourth-order valence-corrected chi connectivity index (χ4v) is 4.52. The Balaban J connectivity index is 1.75. The van der Waals surface area contributed by atoms with Gasteiger partial charge in [0.05, 0.1) is 12.0 Å². The zero-order valence-corrected chi connectivity index (χ0v) is 17.7. The number of methoxy groups -OCH3 is 1. The van der Waals surface area contributed by atoms with E-state index in [0.717, 1.165) is 4.47 Å². The highest BCUT2D eigenvalue weighted by Gasteiger charge is 2.26. The molecule has 0 aromatic heterocycles. The lowest BCUT2D eigenvalue weighted by Crippen LogP contribution is -2.46. The number of likely N-dealkylation sites (tertiary alicyclic amines) is 1. The van der Waals surface area contributed by atoms with Gasteiger partial charge in [-0.25, -0.2) is 13.1 Å². The molecule has 1 aromatic carbocycles. The average molecular weight is 461 g/mol. The summed E-state index contributed by atoms with van der Waals surface area (Å²) in [5.41, 5.74) is 0. The Bertz CT molecular complexity index is 744. The van der Waals surface area contributed by atoms with Crippen LogP contribution in [0.4, 0.5) is 0 Å². The SMILES string of the molecule is COC(=O)CCCCC(=O)N1CCC(NS(=O)(=O)c2ccc(Br)cc2)CC1. The summed E-state index contributed by atoms with van der Waals surface area (Å²) >= 11 is 3.29. The number of carbonyl (C=O) groups is 2. The Kier molecular flexibility index (Phi) is 8.25.